The van der Waals surface area contributed by atoms with Gasteiger partial charge in [0.25, 0.3) is 0 Å². The summed E-state index contributed by atoms with van der Waals surface area (Å²) in [6.45, 7) is 0.229. The summed E-state index contributed by atoms with van der Waals surface area (Å²) in [4.78, 5) is 12.1. The van der Waals surface area contributed by atoms with Crippen molar-refractivity contribution < 1.29 is 14.6 Å². The minimum absolute atomic E-state index is 0.0567. The van der Waals surface area contributed by atoms with Crippen LogP contribution in [0.15, 0.2) is 36.4 Å². The zero-order valence-corrected chi connectivity index (χ0v) is 14.4. The monoisotopic (exact) mass is 365 g/mol. The van der Waals surface area contributed by atoms with Gasteiger partial charge in [0, 0.05) is 5.02 Å². The number of aromatic hydroxyl groups is 1. The van der Waals surface area contributed by atoms with Crippen LogP contribution in [0.2, 0.25) is 10.0 Å². The van der Waals surface area contributed by atoms with E-state index in [0.717, 1.165) is 24.0 Å². The van der Waals surface area contributed by atoms with Crippen molar-refractivity contribution in [3.05, 3.63) is 57.6 Å². The van der Waals surface area contributed by atoms with Gasteiger partial charge in [-0.3, -0.25) is 4.79 Å². The molecule has 24 heavy (non-hydrogen) atoms. The molecule has 0 aromatic heterocycles. The SMILES string of the molecule is O=C(CCOc1ccc(Cl)cc1Cl)NC1CCc2c(O)cccc21. The maximum Gasteiger partial charge on any atom is 0.223 e. The van der Waals surface area contributed by atoms with Crippen LogP contribution in [0.3, 0.4) is 0 Å². The summed E-state index contributed by atoms with van der Waals surface area (Å²) in [5, 5.41) is 13.8. The molecule has 3 rings (SSSR count). The molecule has 0 spiro atoms. The van der Waals surface area contributed by atoms with Crippen LogP contribution in [0.25, 0.3) is 0 Å². The summed E-state index contributed by atoms with van der Waals surface area (Å²) in [5.41, 5.74) is 1.91. The van der Waals surface area contributed by atoms with Crippen LogP contribution in [0, 0.1) is 0 Å². The molecule has 0 fully saturated rings. The first-order valence-corrected chi connectivity index (χ1v) is 8.48. The van der Waals surface area contributed by atoms with Crippen LogP contribution in [0.4, 0.5) is 0 Å². The predicted molar refractivity (Wildman–Crippen MR) is 93.9 cm³/mol. The Morgan fingerprint density at radius 3 is 2.92 bits per heavy atom. The molecule has 126 valence electrons. The number of carbonyl (C=O) groups excluding carboxylic acids is 1. The lowest BCUT2D eigenvalue weighted by Gasteiger charge is -2.15. The van der Waals surface area contributed by atoms with E-state index in [1.54, 1.807) is 30.3 Å². The van der Waals surface area contributed by atoms with Crippen LogP contribution in [-0.2, 0) is 11.2 Å². The number of rotatable bonds is 5. The smallest absolute Gasteiger partial charge is 0.223 e. The Kier molecular flexibility index (Phi) is 5.17. The second kappa shape index (κ2) is 7.32. The molecule has 0 saturated carbocycles. The van der Waals surface area contributed by atoms with E-state index in [1.807, 2.05) is 6.07 Å². The summed E-state index contributed by atoms with van der Waals surface area (Å²) in [6, 6.07) is 10.3. The lowest BCUT2D eigenvalue weighted by Crippen LogP contribution is -2.28. The maximum atomic E-state index is 12.1. The third-order valence-electron chi connectivity index (χ3n) is 4.06. The summed E-state index contributed by atoms with van der Waals surface area (Å²) >= 11 is 11.8. The lowest BCUT2D eigenvalue weighted by atomic mass is 10.1. The molecule has 0 saturated heterocycles. The van der Waals surface area contributed by atoms with Gasteiger partial charge in [-0.2, -0.15) is 0 Å². The summed E-state index contributed by atoms with van der Waals surface area (Å²) in [6.07, 6.45) is 1.79. The van der Waals surface area contributed by atoms with Crippen LogP contribution >= 0.6 is 23.2 Å². The number of nitrogens with one attached hydrogen (secondary N) is 1. The first kappa shape index (κ1) is 16.9. The van der Waals surface area contributed by atoms with Gasteiger partial charge < -0.3 is 15.2 Å². The Morgan fingerprint density at radius 2 is 2.12 bits per heavy atom. The first-order chi connectivity index (χ1) is 11.5. The number of phenols is 1. The van der Waals surface area contributed by atoms with Crippen LogP contribution in [-0.4, -0.2) is 17.6 Å². The molecule has 1 aliphatic rings. The number of hydrogen-bond acceptors (Lipinski definition) is 3. The molecule has 0 radical (unpaired) electrons. The van der Waals surface area contributed by atoms with Gasteiger partial charge in [0.05, 0.1) is 24.1 Å². The van der Waals surface area contributed by atoms with Gasteiger partial charge in [-0.15, -0.1) is 0 Å². The fourth-order valence-corrected chi connectivity index (χ4v) is 3.36. The van der Waals surface area contributed by atoms with Crippen molar-refractivity contribution in [3.8, 4) is 11.5 Å². The van der Waals surface area contributed by atoms with E-state index in [9.17, 15) is 9.90 Å². The molecule has 6 heteroatoms. The normalized spacial score (nSPS) is 15.8. The topological polar surface area (TPSA) is 58.6 Å². The highest BCUT2D eigenvalue weighted by atomic mass is 35.5. The van der Waals surface area contributed by atoms with E-state index in [-0.39, 0.29) is 25.0 Å². The number of phenolic OH excluding ortho intramolecular Hbond substituents is 1. The third-order valence-corrected chi connectivity index (χ3v) is 4.59. The molecule has 0 aliphatic heterocycles. The Hall–Kier alpha value is -1.91. The molecular weight excluding hydrogens is 349 g/mol. The van der Waals surface area contributed by atoms with E-state index < -0.39 is 0 Å². The van der Waals surface area contributed by atoms with E-state index in [0.29, 0.717) is 21.5 Å². The van der Waals surface area contributed by atoms with E-state index >= 15 is 0 Å². The fourth-order valence-electron chi connectivity index (χ4n) is 2.90. The highest BCUT2D eigenvalue weighted by molar-refractivity contribution is 6.35. The van der Waals surface area contributed by atoms with Crippen molar-refractivity contribution >= 4 is 29.1 Å². The zero-order chi connectivity index (χ0) is 17.1. The molecule has 0 heterocycles. The van der Waals surface area contributed by atoms with Gasteiger partial charge in [-0.05, 0) is 48.2 Å². The van der Waals surface area contributed by atoms with Crippen molar-refractivity contribution in [1.29, 1.82) is 0 Å². The molecule has 2 aromatic carbocycles. The summed E-state index contributed by atoms with van der Waals surface area (Å²) in [7, 11) is 0. The Morgan fingerprint density at radius 1 is 1.29 bits per heavy atom. The highest BCUT2D eigenvalue weighted by Crippen LogP contribution is 2.36. The molecule has 1 unspecified atom stereocenters. The average Bonchev–Trinajstić information content (AvgIpc) is 2.94. The molecule has 1 amide bonds. The lowest BCUT2D eigenvalue weighted by molar-refractivity contribution is -0.122. The number of fused-ring (bicyclic) bond motifs is 1. The highest BCUT2D eigenvalue weighted by Gasteiger charge is 2.25. The molecule has 0 bridgehead atoms. The van der Waals surface area contributed by atoms with Gasteiger partial charge in [0.2, 0.25) is 5.91 Å². The standard InChI is InChI=1S/C18H17Cl2NO3/c19-11-4-7-17(14(20)10-11)24-9-8-18(23)21-15-6-5-13-12(15)2-1-3-16(13)22/h1-4,7,10,15,22H,5-6,8-9H2,(H,21,23). The largest absolute Gasteiger partial charge is 0.508 e. The van der Waals surface area contributed by atoms with E-state index in [2.05, 4.69) is 5.32 Å². The van der Waals surface area contributed by atoms with Crippen molar-refractivity contribution in [2.45, 2.75) is 25.3 Å². The molecule has 1 atom stereocenters. The molecule has 2 N–H and O–H groups in total. The molecule has 1 aliphatic carbocycles. The number of carbonyl (C=O) groups is 1. The van der Waals surface area contributed by atoms with Crippen molar-refractivity contribution in [2.75, 3.05) is 6.61 Å². The van der Waals surface area contributed by atoms with E-state index in [4.69, 9.17) is 27.9 Å². The van der Waals surface area contributed by atoms with E-state index in [1.165, 1.54) is 0 Å². The van der Waals surface area contributed by atoms with Gasteiger partial charge in [0.1, 0.15) is 11.5 Å². The second-order valence-corrected chi connectivity index (χ2v) is 6.52. The minimum Gasteiger partial charge on any atom is -0.508 e. The Balaban J connectivity index is 1.51. The number of ether oxygens (including phenoxy) is 1. The van der Waals surface area contributed by atoms with Crippen LogP contribution in [0.5, 0.6) is 11.5 Å². The number of hydrogen-bond donors (Lipinski definition) is 2. The predicted octanol–water partition coefficient (Wildman–Crippen LogP) is 4.27. The number of halogens is 2. The fraction of sp³-hybridized carbons (Fsp3) is 0.278. The summed E-state index contributed by atoms with van der Waals surface area (Å²) in [5.74, 6) is 0.705. The Bertz CT molecular complexity index is 764. The van der Waals surface area contributed by atoms with Gasteiger partial charge in [0.15, 0.2) is 0 Å². The van der Waals surface area contributed by atoms with Gasteiger partial charge in [-0.1, -0.05) is 35.3 Å². The first-order valence-electron chi connectivity index (χ1n) is 7.72. The van der Waals surface area contributed by atoms with Gasteiger partial charge >= 0.3 is 0 Å². The second-order valence-electron chi connectivity index (χ2n) is 5.68. The minimum atomic E-state index is -0.0960. The quantitative estimate of drug-likeness (QED) is 0.831. The average molecular weight is 366 g/mol. The zero-order valence-electron chi connectivity index (χ0n) is 12.9. The molecular formula is C18H17Cl2NO3. The number of benzene rings is 2. The molecule has 4 nitrogen and oxygen atoms in total. The van der Waals surface area contributed by atoms with Crippen LogP contribution < -0.4 is 10.1 Å². The summed E-state index contributed by atoms with van der Waals surface area (Å²) < 4.78 is 5.52. The van der Waals surface area contributed by atoms with Gasteiger partial charge in [-0.25, -0.2) is 0 Å². The number of amides is 1. The van der Waals surface area contributed by atoms with Crippen molar-refractivity contribution in [3.63, 3.8) is 0 Å². The van der Waals surface area contributed by atoms with Crippen LogP contribution in [0.1, 0.15) is 30.0 Å². The maximum absolute atomic E-state index is 12.1. The Labute approximate surface area is 150 Å². The third kappa shape index (κ3) is 3.77. The van der Waals surface area contributed by atoms with Crippen molar-refractivity contribution in [2.24, 2.45) is 0 Å². The molecule has 2 aromatic rings. The van der Waals surface area contributed by atoms with Crippen molar-refractivity contribution in [1.82, 2.24) is 5.32 Å².